The molecule has 0 bridgehead atoms. The predicted octanol–water partition coefficient (Wildman–Crippen LogP) is 3.97. The van der Waals surface area contributed by atoms with Crippen LogP contribution in [0.3, 0.4) is 0 Å². The summed E-state index contributed by atoms with van der Waals surface area (Å²) in [7, 11) is 1.44. The van der Waals surface area contributed by atoms with Crippen LogP contribution >= 0.6 is 11.8 Å². The van der Waals surface area contributed by atoms with Crippen molar-refractivity contribution in [3.63, 3.8) is 0 Å². The Kier molecular flexibility index (Phi) is 6.61. The van der Waals surface area contributed by atoms with E-state index in [4.69, 9.17) is 14.2 Å². The zero-order valence-corrected chi connectivity index (χ0v) is 16.5. The van der Waals surface area contributed by atoms with Gasteiger partial charge in [-0.3, -0.25) is 4.79 Å². The van der Waals surface area contributed by atoms with E-state index in [1.807, 2.05) is 0 Å². The summed E-state index contributed by atoms with van der Waals surface area (Å²) >= 11 is 1.23. The average Bonchev–Trinajstić information content (AvgIpc) is 3.04. The molecule has 7 nitrogen and oxygen atoms in total. The molecule has 1 unspecified atom stereocenters. The maximum Gasteiger partial charge on any atom is 0.513 e. The normalized spacial score (nSPS) is 17.0. The number of methoxy groups -OCH3 is 1. The molecule has 0 spiro atoms. The Labute approximate surface area is 171 Å². The Bertz CT molecular complexity index is 950. The second-order valence-electron chi connectivity index (χ2n) is 5.80. The lowest BCUT2D eigenvalue weighted by atomic mass is 10.2. The number of hydrogen-bond donors (Lipinski definition) is 2. The zero-order chi connectivity index (χ0) is 20.8. The van der Waals surface area contributed by atoms with Crippen molar-refractivity contribution in [2.75, 3.05) is 19.0 Å². The van der Waals surface area contributed by atoms with Crippen LogP contribution in [0.2, 0.25) is 0 Å². The molecule has 2 aromatic rings. The van der Waals surface area contributed by atoms with Gasteiger partial charge in [-0.25, -0.2) is 9.18 Å². The Hall–Kier alpha value is -3.20. The van der Waals surface area contributed by atoms with Crippen molar-refractivity contribution in [1.29, 1.82) is 0 Å². The molecule has 152 valence electrons. The summed E-state index contributed by atoms with van der Waals surface area (Å²) in [6.45, 7) is 1.87. The average molecular weight is 418 g/mol. The van der Waals surface area contributed by atoms with Crippen LogP contribution in [0, 0.1) is 5.82 Å². The fourth-order valence-corrected chi connectivity index (χ4v) is 3.51. The highest BCUT2D eigenvalue weighted by molar-refractivity contribution is 8.05. The van der Waals surface area contributed by atoms with Crippen molar-refractivity contribution in [2.45, 2.75) is 12.4 Å². The van der Waals surface area contributed by atoms with Crippen LogP contribution in [0.4, 0.5) is 14.9 Å². The predicted molar refractivity (Wildman–Crippen MR) is 108 cm³/mol. The van der Waals surface area contributed by atoms with Crippen molar-refractivity contribution >= 4 is 35.6 Å². The van der Waals surface area contributed by atoms with E-state index < -0.39 is 17.5 Å². The van der Waals surface area contributed by atoms with Gasteiger partial charge in [0.15, 0.2) is 17.0 Å². The zero-order valence-electron chi connectivity index (χ0n) is 15.7. The molecule has 1 aliphatic heterocycles. The summed E-state index contributed by atoms with van der Waals surface area (Å²) in [5.41, 5.74) is 0.468. The first-order valence-electron chi connectivity index (χ1n) is 8.73. The van der Waals surface area contributed by atoms with Gasteiger partial charge < -0.3 is 24.8 Å². The molecule has 29 heavy (non-hydrogen) atoms. The first-order chi connectivity index (χ1) is 14.0. The van der Waals surface area contributed by atoms with Crippen LogP contribution in [-0.4, -0.2) is 31.3 Å². The summed E-state index contributed by atoms with van der Waals surface area (Å²) in [4.78, 5) is 24.2. The van der Waals surface area contributed by atoms with E-state index in [1.165, 1.54) is 24.9 Å². The van der Waals surface area contributed by atoms with Gasteiger partial charge in [0.1, 0.15) is 5.82 Å². The maximum absolute atomic E-state index is 13.8. The summed E-state index contributed by atoms with van der Waals surface area (Å²) < 4.78 is 28.9. The number of anilines is 1. The standard InChI is InChI=1S/C20H19FN2O5S/c1-3-27-20(25)28-15-9-8-12(10-16(15)26-2)11-17-18(24)23-19(29-17)22-14-7-5-4-6-13(14)21/h4-11,19,22H,3H2,1-2H3,(H,23,24)/b17-11-. The first kappa shape index (κ1) is 20.5. The topological polar surface area (TPSA) is 85.9 Å². The minimum absolute atomic E-state index is 0.194. The molecule has 9 heteroatoms. The molecular weight excluding hydrogens is 399 g/mol. The molecule has 1 aliphatic rings. The van der Waals surface area contributed by atoms with Gasteiger partial charge in [0.25, 0.3) is 5.91 Å². The van der Waals surface area contributed by atoms with Crippen molar-refractivity contribution in [3.8, 4) is 11.5 Å². The molecule has 0 aliphatic carbocycles. The number of amides is 1. The van der Waals surface area contributed by atoms with Crippen molar-refractivity contribution < 1.29 is 28.2 Å². The van der Waals surface area contributed by atoms with Gasteiger partial charge >= 0.3 is 6.16 Å². The highest BCUT2D eigenvalue weighted by Gasteiger charge is 2.27. The van der Waals surface area contributed by atoms with Crippen LogP contribution in [-0.2, 0) is 9.53 Å². The van der Waals surface area contributed by atoms with Gasteiger partial charge in [-0.2, -0.15) is 0 Å². The van der Waals surface area contributed by atoms with E-state index in [0.717, 1.165) is 0 Å². The lowest BCUT2D eigenvalue weighted by Crippen LogP contribution is -2.31. The maximum atomic E-state index is 13.8. The summed E-state index contributed by atoms with van der Waals surface area (Å²) in [5, 5.41) is 5.68. The summed E-state index contributed by atoms with van der Waals surface area (Å²) in [6.07, 6.45) is 0.837. The Morgan fingerprint density at radius 2 is 2.07 bits per heavy atom. The highest BCUT2D eigenvalue weighted by Crippen LogP contribution is 2.33. The van der Waals surface area contributed by atoms with E-state index in [2.05, 4.69) is 10.6 Å². The molecule has 0 saturated carbocycles. The number of para-hydroxylation sites is 1. The van der Waals surface area contributed by atoms with Gasteiger partial charge in [0, 0.05) is 0 Å². The van der Waals surface area contributed by atoms with Crippen molar-refractivity contribution in [3.05, 3.63) is 58.8 Å². The molecule has 0 radical (unpaired) electrons. The molecule has 2 N–H and O–H groups in total. The molecule has 1 saturated heterocycles. The van der Waals surface area contributed by atoms with Crippen LogP contribution in [0.5, 0.6) is 11.5 Å². The van der Waals surface area contributed by atoms with E-state index in [1.54, 1.807) is 49.4 Å². The fraction of sp³-hybridized carbons (Fsp3) is 0.200. The molecule has 0 aromatic heterocycles. The van der Waals surface area contributed by atoms with Gasteiger partial charge in [0.05, 0.1) is 24.3 Å². The summed E-state index contributed by atoms with van der Waals surface area (Å²) in [6, 6.07) is 11.1. The minimum Gasteiger partial charge on any atom is -0.493 e. The highest BCUT2D eigenvalue weighted by atomic mass is 32.2. The van der Waals surface area contributed by atoms with E-state index >= 15 is 0 Å². The molecule has 2 aromatic carbocycles. The van der Waals surface area contributed by atoms with Crippen LogP contribution < -0.4 is 20.1 Å². The van der Waals surface area contributed by atoms with Crippen molar-refractivity contribution in [1.82, 2.24) is 5.32 Å². The molecule has 1 amide bonds. The summed E-state index contributed by atoms with van der Waals surface area (Å²) in [5.74, 6) is -0.163. The van der Waals surface area contributed by atoms with Crippen LogP contribution in [0.15, 0.2) is 47.4 Å². The quantitative estimate of drug-likeness (QED) is 0.417. The third-order valence-corrected chi connectivity index (χ3v) is 4.86. The monoisotopic (exact) mass is 418 g/mol. The number of carbonyl (C=O) groups is 2. The second kappa shape index (κ2) is 9.33. The molecule has 1 heterocycles. The number of hydrogen-bond acceptors (Lipinski definition) is 7. The molecule has 1 atom stereocenters. The van der Waals surface area contributed by atoms with E-state index in [9.17, 15) is 14.0 Å². The fourth-order valence-electron chi connectivity index (χ4n) is 2.53. The van der Waals surface area contributed by atoms with E-state index in [0.29, 0.717) is 21.9 Å². The number of thioether (sulfide) groups is 1. The van der Waals surface area contributed by atoms with Crippen LogP contribution in [0.1, 0.15) is 12.5 Å². The molecule has 1 fully saturated rings. The Morgan fingerprint density at radius 1 is 1.28 bits per heavy atom. The second-order valence-corrected chi connectivity index (χ2v) is 6.95. The third kappa shape index (κ3) is 5.20. The lowest BCUT2D eigenvalue weighted by Gasteiger charge is -2.13. The molecule has 3 rings (SSSR count). The van der Waals surface area contributed by atoms with Crippen LogP contribution in [0.25, 0.3) is 6.08 Å². The van der Waals surface area contributed by atoms with Gasteiger partial charge in [-0.1, -0.05) is 30.0 Å². The lowest BCUT2D eigenvalue weighted by molar-refractivity contribution is -0.116. The number of halogens is 1. The van der Waals surface area contributed by atoms with Gasteiger partial charge in [-0.05, 0) is 42.8 Å². The number of carbonyl (C=O) groups excluding carboxylic acids is 2. The largest absolute Gasteiger partial charge is 0.513 e. The first-order valence-corrected chi connectivity index (χ1v) is 9.61. The Balaban J connectivity index is 1.73. The minimum atomic E-state index is -0.829. The van der Waals surface area contributed by atoms with Crippen molar-refractivity contribution in [2.24, 2.45) is 0 Å². The van der Waals surface area contributed by atoms with Gasteiger partial charge in [-0.15, -0.1) is 0 Å². The Morgan fingerprint density at radius 3 is 2.79 bits per heavy atom. The van der Waals surface area contributed by atoms with Gasteiger partial charge in [0.2, 0.25) is 0 Å². The number of benzene rings is 2. The molecular formula is C20H19FN2O5S. The van der Waals surface area contributed by atoms with E-state index in [-0.39, 0.29) is 18.3 Å². The SMILES string of the molecule is CCOC(=O)Oc1ccc(/C=C2\SC(Nc3ccccc3F)NC2=O)cc1OC. The number of rotatable bonds is 6. The number of ether oxygens (including phenoxy) is 3. The third-order valence-electron chi connectivity index (χ3n) is 3.83. The number of nitrogens with one attached hydrogen (secondary N) is 2. The smallest absolute Gasteiger partial charge is 0.493 e.